The van der Waals surface area contributed by atoms with Crippen LogP contribution < -0.4 is 4.74 Å². The number of aromatic nitrogens is 5. The first-order valence-corrected chi connectivity index (χ1v) is 20.1. The van der Waals surface area contributed by atoms with Crippen LogP contribution in [0, 0.1) is 27.7 Å². The lowest BCUT2D eigenvalue weighted by Gasteiger charge is -2.20. The zero-order valence-corrected chi connectivity index (χ0v) is 33.1. The normalized spacial score (nSPS) is 12.1. The van der Waals surface area contributed by atoms with Crippen LogP contribution in [0.3, 0.4) is 0 Å². The van der Waals surface area contributed by atoms with Gasteiger partial charge in [-0.05, 0) is 157 Å². The van der Waals surface area contributed by atoms with E-state index >= 15 is 0 Å². The van der Waals surface area contributed by atoms with Crippen LogP contribution in [0.25, 0.3) is 99.1 Å². The van der Waals surface area contributed by atoms with E-state index in [1.54, 1.807) is 0 Å². The molecule has 0 aliphatic rings. The Balaban J connectivity index is 1.13. The Hall–Kier alpha value is -7.57. The van der Waals surface area contributed by atoms with Crippen LogP contribution >= 0.6 is 0 Å². The van der Waals surface area contributed by atoms with Crippen molar-refractivity contribution in [1.29, 1.82) is 0 Å². The molecule has 6 heteroatoms. The van der Waals surface area contributed by atoms with Crippen molar-refractivity contribution >= 4 is 76.8 Å². The Morgan fingerprint density at radius 1 is 0.441 bits per heavy atom. The monoisotopic (exact) mass is 759 g/mol. The summed E-state index contributed by atoms with van der Waals surface area (Å²) in [6.45, 7) is 8.87. The summed E-state index contributed by atoms with van der Waals surface area (Å²) >= 11 is 0. The molecular weight excluding hydrogens is 723 g/mol. The topological polar surface area (TPSA) is 56.7 Å². The summed E-state index contributed by atoms with van der Waals surface area (Å²) in [7, 11) is 0. The maximum absolute atomic E-state index is 6.82. The number of ether oxygens (including phenoxy) is 1. The minimum Gasteiger partial charge on any atom is -0.457 e. The van der Waals surface area contributed by atoms with E-state index in [1.165, 1.54) is 49.9 Å². The third-order valence-corrected chi connectivity index (χ3v) is 12.2. The summed E-state index contributed by atoms with van der Waals surface area (Å²) in [5, 5.41) is 5.33. The number of nitrogens with zero attached hydrogens (tertiary/aromatic N) is 5. The van der Waals surface area contributed by atoms with E-state index in [1.807, 2.05) is 24.4 Å². The number of hydrogen-bond donors (Lipinski definition) is 0. The van der Waals surface area contributed by atoms with Crippen LogP contribution in [0.1, 0.15) is 22.3 Å². The third-order valence-electron chi connectivity index (χ3n) is 12.2. The summed E-state index contributed by atoms with van der Waals surface area (Å²) < 4.78 is 11.4. The van der Waals surface area contributed by atoms with Gasteiger partial charge in [0.05, 0.1) is 38.6 Å². The smallest absolute Gasteiger partial charge is 0.146 e. The van der Waals surface area contributed by atoms with Crippen molar-refractivity contribution < 1.29 is 4.74 Å². The highest BCUT2D eigenvalue weighted by atomic mass is 16.5. The van der Waals surface area contributed by atoms with Crippen LogP contribution in [0.4, 0.5) is 0 Å². The Bertz CT molecular complexity index is 3720. The third kappa shape index (κ3) is 4.90. The van der Waals surface area contributed by atoms with Gasteiger partial charge in [0.25, 0.3) is 0 Å². The molecule has 0 N–H and O–H groups in total. The van der Waals surface area contributed by atoms with Gasteiger partial charge in [-0.3, -0.25) is 13.8 Å². The first kappa shape index (κ1) is 33.6. The highest BCUT2D eigenvalue weighted by Gasteiger charge is 2.22. The number of fused-ring (bicyclic) bond motifs is 16. The number of hydrogen-bond acceptors (Lipinski definition) is 4. The van der Waals surface area contributed by atoms with Crippen molar-refractivity contribution in [1.82, 2.24) is 23.8 Å². The van der Waals surface area contributed by atoms with Crippen molar-refractivity contribution in [2.75, 3.05) is 0 Å². The van der Waals surface area contributed by atoms with Crippen molar-refractivity contribution in [3.05, 3.63) is 174 Å². The van der Waals surface area contributed by atoms with Crippen molar-refractivity contribution in [2.24, 2.45) is 0 Å². The van der Waals surface area contributed by atoms with Crippen LogP contribution in [0.15, 0.2) is 152 Å². The highest BCUT2D eigenvalue weighted by molar-refractivity contribution is 6.19. The quantitative estimate of drug-likeness (QED) is 0.168. The summed E-state index contributed by atoms with van der Waals surface area (Å²) in [4.78, 5) is 15.3. The van der Waals surface area contributed by atoms with Gasteiger partial charge in [0, 0.05) is 33.3 Å². The zero-order valence-electron chi connectivity index (χ0n) is 33.1. The lowest BCUT2D eigenvalue weighted by atomic mass is 9.87. The predicted molar refractivity (Wildman–Crippen MR) is 243 cm³/mol. The Labute approximate surface area is 339 Å². The molecule has 0 atom stereocenters. The van der Waals surface area contributed by atoms with Gasteiger partial charge in [-0.1, -0.05) is 60.7 Å². The van der Waals surface area contributed by atoms with Gasteiger partial charge in [0.15, 0.2) is 0 Å². The van der Waals surface area contributed by atoms with Crippen molar-refractivity contribution in [3.8, 4) is 33.8 Å². The van der Waals surface area contributed by atoms with E-state index in [9.17, 15) is 0 Å². The first-order chi connectivity index (χ1) is 28.9. The van der Waals surface area contributed by atoms with Crippen LogP contribution in [-0.4, -0.2) is 23.8 Å². The second-order valence-electron chi connectivity index (χ2n) is 15.9. The van der Waals surface area contributed by atoms with E-state index in [4.69, 9.17) is 19.7 Å². The molecule has 0 aliphatic heterocycles. The maximum atomic E-state index is 6.82. The van der Waals surface area contributed by atoms with E-state index in [2.05, 4.69) is 164 Å². The van der Waals surface area contributed by atoms with Gasteiger partial charge >= 0.3 is 0 Å². The maximum Gasteiger partial charge on any atom is 0.146 e. The second-order valence-corrected chi connectivity index (χ2v) is 15.9. The molecular formula is C53H37N5O. The number of para-hydroxylation sites is 4. The SMILES string of the molecule is Cc1cccc(C)c1-c1cc(-c2c(C)cccc2C)c2c(c1)c1ccc(Oc3ccc4c(c3)c3nc5ccccc5n3c3cccnc43)cc1c1nc3ccccc3n12. The fraction of sp³-hybridized carbons (Fsp3) is 0.0755. The lowest BCUT2D eigenvalue weighted by Crippen LogP contribution is -1.99. The number of benzene rings is 7. The Kier molecular flexibility index (Phi) is 7.09. The van der Waals surface area contributed by atoms with Gasteiger partial charge in [0.1, 0.15) is 22.8 Å². The molecule has 12 aromatic rings. The molecule has 7 aromatic carbocycles. The molecule has 0 amide bonds. The summed E-state index contributed by atoms with van der Waals surface area (Å²) in [5.41, 5.74) is 18.8. The van der Waals surface area contributed by atoms with Crippen LogP contribution in [0.2, 0.25) is 0 Å². The van der Waals surface area contributed by atoms with Crippen LogP contribution in [0.5, 0.6) is 11.5 Å². The first-order valence-electron chi connectivity index (χ1n) is 20.1. The van der Waals surface area contributed by atoms with Gasteiger partial charge in [-0.2, -0.15) is 0 Å². The Morgan fingerprint density at radius 2 is 1.00 bits per heavy atom. The average Bonchev–Trinajstić information content (AvgIpc) is 3.84. The standard InChI is InChI=1S/C53H37N5O/c1-30-12-9-13-31(2)48(30)34-26-39-37-23-21-35(59-36-22-24-38-41(29-36)52-55-43-16-5-7-18-45(43)57(52)47-20-11-25-54-50(38)47)28-40(37)53-56-44-17-6-8-19-46(44)58(53)51(39)42(27-34)49-32(3)14-10-15-33(49)4/h5-29H,1-4H3. The molecule has 0 saturated carbocycles. The molecule has 0 spiro atoms. The molecule has 0 radical (unpaired) electrons. The molecule has 5 aromatic heterocycles. The number of rotatable bonds is 4. The predicted octanol–water partition coefficient (Wildman–Crippen LogP) is 13.7. The molecule has 12 rings (SSSR count). The lowest BCUT2D eigenvalue weighted by molar-refractivity contribution is 0.484. The van der Waals surface area contributed by atoms with Crippen LogP contribution in [-0.2, 0) is 0 Å². The molecule has 0 saturated heterocycles. The summed E-state index contributed by atoms with van der Waals surface area (Å²) in [5.74, 6) is 1.45. The number of imidazole rings is 2. The molecule has 59 heavy (non-hydrogen) atoms. The molecule has 0 bridgehead atoms. The second kappa shape index (κ2) is 12.5. The zero-order chi connectivity index (χ0) is 39.5. The van der Waals surface area contributed by atoms with E-state index < -0.39 is 0 Å². The molecule has 0 fully saturated rings. The molecule has 280 valence electrons. The number of pyridine rings is 3. The van der Waals surface area contributed by atoms with Crippen molar-refractivity contribution in [3.63, 3.8) is 0 Å². The summed E-state index contributed by atoms with van der Waals surface area (Å²) in [6.07, 6.45) is 1.85. The average molecular weight is 760 g/mol. The fourth-order valence-corrected chi connectivity index (χ4v) is 9.71. The van der Waals surface area contributed by atoms with E-state index in [0.717, 1.165) is 83.0 Å². The Morgan fingerprint density at radius 3 is 1.68 bits per heavy atom. The van der Waals surface area contributed by atoms with E-state index in [0.29, 0.717) is 0 Å². The largest absolute Gasteiger partial charge is 0.457 e. The van der Waals surface area contributed by atoms with Crippen molar-refractivity contribution in [2.45, 2.75) is 27.7 Å². The molecule has 0 aliphatic carbocycles. The minimum atomic E-state index is 0.723. The molecule has 5 heterocycles. The minimum absolute atomic E-state index is 0.723. The summed E-state index contributed by atoms with van der Waals surface area (Å²) in [6, 6.07) is 51.5. The van der Waals surface area contributed by atoms with Gasteiger partial charge < -0.3 is 4.74 Å². The van der Waals surface area contributed by atoms with Gasteiger partial charge in [-0.15, -0.1) is 0 Å². The molecule has 0 unspecified atom stereocenters. The van der Waals surface area contributed by atoms with Gasteiger partial charge in [-0.25, -0.2) is 9.97 Å². The van der Waals surface area contributed by atoms with E-state index in [-0.39, 0.29) is 0 Å². The number of aryl methyl sites for hydroxylation is 4. The van der Waals surface area contributed by atoms with Gasteiger partial charge in [0.2, 0.25) is 0 Å². The molecule has 6 nitrogen and oxygen atoms in total. The fourth-order valence-electron chi connectivity index (χ4n) is 9.71. The highest BCUT2D eigenvalue weighted by Crippen LogP contribution is 2.44.